The van der Waals surface area contributed by atoms with Gasteiger partial charge in [0, 0.05) is 36.2 Å². The smallest absolute Gasteiger partial charge is 0.303 e. The summed E-state index contributed by atoms with van der Waals surface area (Å²) < 4.78 is 0. The van der Waals surface area contributed by atoms with Crippen LogP contribution >= 0.6 is 0 Å². The Labute approximate surface area is 147 Å². The highest BCUT2D eigenvalue weighted by atomic mass is 16.4. The number of rotatable bonds is 6. The molecule has 1 atom stereocenters. The highest BCUT2D eigenvalue weighted by Crippen LogP contribution is 2.30. The van der Waals surface area contributed by atoms with Crippen LogP contribution in [0.4, 0.5) is 5.69 Å². The van der Waals surface area contributed by atoms with Crippen molar-refractivity contribution in [3.63, 3.8) is 0 Å². The van der Waals surface area contributed by atoms with Gasteiger partial charge in [0.2, 0.25) is 5.91 Å². The highest BCUT2D eigenvalue weighted by molar-refractivity contribution is 5.98. The number of anilines is 1. The molecule has 1 saturated heterocycles. The van der Waals surface area contributed by atoms with E-state index in [1.165, 1.54) is 0 Å². The molecule has 25 heavy (non-hydrogen) atoms. The Morgan fingerprint density at radius 3 is 2.68 bits per heavy atom. The number of amides is 2. The molecule has 2 amide bonds. The number of hydrogen-bond donors (Lipinski definition) is 2. The summed E-state index contributed by atoms with van der Waals surface area (Å²) in [5.74, 6) is -0.788. The fourth-order valence-corrected chi connectivity index (χ4v) is 3.34. The first-order valence-corrected chi connectivity index (χ1v) is 8.98. The number of aliphatic carboxylic acids is 1. The molecule has 6 nitrogen and oxygen atoms in total. The van der Waals surface area contributed by atoms with Gasteiger partial charge in [0.05, 0.1) is 0 Å². The minimum absolute atomic E-state index is 0.0157. The number of piperidine rings is 1. The van der Waals surface area contributed by atoms with Crippen LogP contribution in [0.1, 0.15) is 55.3 Å². The van der Waals surface area contributed by atoms with Gasteiger partial charge in [-0.15, -0.1) is 0 Å². The first kappa shape index (κ1) is 17.5. The molecule has 2 N–H and O–H groups in total. The van der Waals surface area contributed by atoms with Crippen LogP contribution < -0.4 is 5.32 Å². The zero-order valence-electron chi connectivity index (χ0n) is 14.2. The standard InChI is InChI=1S/C19H24N2O4/c22-17(23)10-9-16-6-1-2-11-21(16)19(25)14-4-3-5-15(12-14)20-18(24)13-7-8-13/h3-5,12-13,16H,1-2,6-11H2,(H,20,24)(H,22,23). The van der Waals surface area contributed by atoms with Crippen LogP contribution in [0.2, 0.25) is 0 Å². The predicted octanol–water partition coefficient (Wildman–Crippen LogP) is 2.89. The molecule has 134 valence electrons. The number of nitrogens with one attached hydrogen (secondary N) is 1. The SMILES string of the molecule is O=C(O)CCC1CCCCN1C(=O)c1cccc(NC(=O)C2CC2)c1. The molecule has 0 spiro atoms. The second-order valence-corrected chi connectivity index (χ2v) is 6.92. The van der Waals surface area contributed by atoms with E-state index >= 15 is 0 Å². The van der Waals surface area contributed by atoms with E-state index in [0.29, 0.717) is 24.2 Å². The molecule has 1 aromatic carbocycles. The van der Waals surface area contributed by atoms with Crippen LogP contribution in [0.3, 0.4) is 0 Å². The maximum Gasteiger partial charge on any atom is 0.303 e. The number of carboxylic acids is 1. The van der Waals surface area contributed by atoms with Crippen LogP contribution in [-0.4, -0.2) is 40.4 Å². The highest BCUT2D eigenvalue weighted by Gasteiger charge is 2.30. The topological polar surface area (TPSA) is 86.7 Å². The number of likely N-dealkylation sites (tertiary alicyclic amines) is 1. The van der Waals surface area contributed by atoms with Gasteiger partial charge in [0.1, 0.15) is 0 Å². The fourth-order valence-electron chi connectivity index (χ4n) is 3.34. The van der Waals surface area contributed by atoms with Gasteiger partial charge >= 0.3 is 5.97 Å². The average molecular weight is 344 g/mol. The number of benzene rings is 1. The summed E-state index contributed by atoms with van der Waals surface area (Å²) in [7, 11) is 0. The summed E-state index contributed by atoms with van der Waals surface area (Å²) in [6, 6.07) is 6.99. The quantitative estimate of drug-likeness (QED) is 0.831. The lowest BCUT2D eigenvalue weighted by atomic mass is 9.97. The Hall–Kier alpha value is -2.37. The molecule has 3 rings (SSSR count). The minimum Gasteiger partial charge on any atom is -0.481 e. The van der Waals surface area contributed by atoms with Gasteiger partial charge in [-0.05, 0) is 56.7 Å². The molecule has 1 saturated carbocycles. The lowest BCUT2D eigenvalue weighted by Crippen LogP contribution is -2.44. The van der Waals surface area contributed by atoms with E-state index in [4.69, 9.17) is 5.11 Å². The maximum absolute atomic E-state index is 12.9. The minimum atomic E-state index is -0.831. The van der Waals surface area contributed by atoms with Gasteiger partial charge in [-0.25, -0.2) is 0 Å². The zero-order valence-corrected chi connectivity index (χ0v) is 14.2. The number of carbonyl (C=O) groups excluding carboxylic acids is 2. The molecule has 0 bridgehead atoms. The third-order valence-electron chi connectivity index (χ3n) is 4.90. The molecular formula is C19H24N2O4. The first-order chi connectivity index (χ1) is 12.0. The van der Waals surface area contributed by atoms with E-state index in [-0.39, 0.29) is 30.2 Å². The van der Waals surface area contributed by atoms with Crippen LogP contribution in [0.5, 0.6) is 0 Å². The van der Waals surface area contributed by atoms with Crippen molar-refractivity contribution in [2.24, 2.45) is 5.92 Å². The summed E-state index contributed by atoms with van der Waals surface area (Å²) in [6.07, 6.45) is 5.23. The van der Waals surface area contributed by atoms with Crippen molar-refractivity contribution in [2.75, 3.05) is 11.9 Å². The van der Waals surface area contributed by atoms with Crippen molar-refractivity contribution in [1.82, 2.24) is 4.90 Å². The molecule has 1 heterocycles. The Bertz CT molecular complexity index is 669. The monoisotopic (exact) mass is 344 g/mol. The van der Waals surface area contributed by atoms with Gasteiger partial charge < -0.3 is 15.3 Å². The second-order valence-electron chi connectivity index (χ2n) is 6.92. The molecule has 1 aliphatic heterocycles. The summed E-state index contributed by atoms with van der Waals surface area (Å²) in [5, 5.41) is 11.8. The molecule has 2 aliphatic rings. The lowest BCUT2D eigenvalue weighted by molar-refractivity contribution is -0.137. The van der Waals surface area contributed by atoms with E-state index in [0.717, 1.165) is 32.1 Å². The van der Waals surface area contributed by atoms with Gasteiger partial charge in [-0.3, -0.25) is 14.4 Å². The third kappa shape index (κ3) is 4.59. The second kappa shape index (κ2) is 7.68. The summed E-state index contributed by atoms with van der Waals surface area (Å²) >= 11 is 0. The molecule has 0 radical (unpaired) electrons. The molecular weight excluding hydrogens is 320 g/mol. The summed E-state index contributed by atoms with van der Waals surface area (Å²) in [5.41, 5.74) is 1.18. The van der Waals surface area contributed by atoms with E-state index in [9.17, 15) is 14.4 Å². The predicted molar refractivity (Wildman–Crippen MR) is 93.3 cm³/mol. The van der Waals surface area contributed by atoms with Crippen LogP contribution in [-0.2, 0) is 9.59 Å². The van der Waals surface area contributed by atoms with Gasteiger partial charge in [0.15, 0.2) is 0 Å². The summed E-state index contributed by atoms with van der Waals surface area (Å²) in [6.45, 7) is 0.655. The van der Waals surface area contributed by atoms with E-state index < -0.39 is 5.97 Å². The fraction of sp³-hybridized carbons (Fsp3) is 0.526. The maximum atomic E-state index is 12.9. The van der Waals surface area contributed by atoms with Crippen LogP contribution in [0, 0.1) is 5.92 Å². The Kier molecular flexibility index (Phi) is 5.36. The van der Waals surface area contributed by atoms with Crippen molar-refractivity contribution in [1.29, 1.82) is 0 Å². The summed E-state index contributed by atoms with van der Waals surface area (Å²) in [4.78, 5) is 37.5. The van der Waals surface area contributed by atoms with E-state index in [2.05, 4.69) is 5.32 Å². The number of nitrogens with zero attached hydrogens (tertiary/aromatic N) is 1. The molecule has 6 heteroatoms. The number of carbonyl (C=O) groups is 3. The Balaban J connectivity index is 1.69. The molecule has 1 aliphatic carbocycles. The average Bonchev–Trinajstić information content (AvgIpc) is 3.45. The molecule has 2 fully saturated rings. The van der Waals surface area contributed by atoms with Crippen molar-refractivity contribution < 1.29 is 19.5 Å². The number of hydrogen-bond acceptors (Lipinski definition) is 3. The van der Waals surface area contributed by atoms with Gasteiger partial charge in [-0.2, -0.15) is 0 Å². The first-order valence-electron chi connectivity index (χ1n) is 8.98. The van der Waals surface area contributed by atoms with Crippen molar-refractivity contribution >= 4 is 23.5 Å². The number of carboxylic acid groups (broad SMARTS) is 1. The Morgan fingerprint density at radius 1 is 1.16 bits per heavy atom. The van der Waals surface area contributed by atoms with Crippen LogP contribution in [0.25, 0.3) is 0 Å². The van der Waals surface area contributed by atoms with Crippen molar-refractivity contribution in [2.45, 2.75) is 51.0 Å². The molecule has 0 aromatic heterocycles. The Morgan fingerprint density at radius 2 is 1.96 bits per heavy atom. The third-order valence-corrected chi connectivity index (χ3v) is 4.90. The van der Waals surface area contributed by atoms with Crippen molar-refractivity contribution in [3.05, 3.63) is 29.8 Å². The van der Waals surface area contributed by atoms with Gasteiger partial charge in [-0.1, -0.05) is 6.07 Å². The zero-order chi connectivity index (χ0) is 17.8. The molecule has 1 aromatic rings. The lowest BCUT2D eigenvalue weighted by Gasteiger charge is -2.35. The van der Waals surface area contributed by atoms with Crippen LogP contribution in [0.15, 0.2) is 24.3 Å². The normalized spacial score (nSPS) is 20.2. The van der Waals surface area contributed by atoms with Crippen molar-refractivity contribution in [3.8, 4) is 0 Å². The molecule has 1 unspecified atom stereocenters. The van der Waals surface area contributed by atoms with E-state index in [1.54, 1.807) is 29.2 Å². The van der Waals surface area contributed by atoms with Gasteiger partial charge in [0.25, 0.3) is 5.91 Å². The largest absolute Gasteiger partial charge is 0.481 e. The van der Waals surface area contributed by atoms with E-state index in [1.807, 2.05) is 0 Å².